The minimum absolute atomic E-state index is 0. The van der Waals surface area contributed by atoms with E-state index in [-0.39, 0.29) is 60.1 Å². The summed E-state index contributed by atoms with van der Waals surface area (Å²) in [6.07, 6.45) is 10.0. The fraction of sp³-hybridized carbons (Fsp3) is 0.735. The van der Waals surface area contributed by atoms with Crippen molar-refractivity contribution in [2.24, 2.45) is 5.92 Å². The van der Waals surface area contributed by atoms with Crippen LogP contribution in [0.15, 0.2) is 59.9 Å². The molecule has 1 aromatic rings. The first kappa shape index (κ1) is 70.0. The molecule has 0 saturated carbocycles. The summed E-state index contributed by atoms with van der Waals surface area (Å²) >= 11 is 0. The predicted octanol–water partition coefficient (Wildman–Crippen LogP) is 11.2. The molecule has 2 aliphatic rings. The van der Waals surface area contributed by atoms with E-state index in [0.717, 1.165) is 24.4 Å². The van der Waals surface area contributed by atoms with Gasteiger partial charge in [0.15, 0.2) is 5.78 Å². The maximum absolute atomic E-state index is 12.5. The average Bonchev–Trinajstić information content (AvgIpc) is 3.87. The molecular weight excluding hydrogens is 872 g/mol. The first-order chi connectivity index (χ1) is 28.0. The Morgan fingerprint density at radius 1 is 0.688 bits per heavy atom. The van der Waals surface area contributed by atoms with Crippen LogP contribution < -0.4 is 42.1 Å². The van der Waals surface area contributed by atoms with Gasteiger partial charge in [0.1, 0.15) is 0 Å². The van der Waals surface area contributed by atoms with Crippen LogP contribution in [0, 0.1) is 11.8 Å². The van der Waals surface area contributed by atoms with Crippen molar-refractivity contribution < 1.29 is 76.8 Å². The number of halogens is 3. The molecule has 2 aliphatic carbocycles. The van der Waals surface area contributed by atoms with E-state index in [1.165, 1.54) is 11.5 Å². The summed E-state index contributed by atoms with van der Waals surface area (Å²) in [7, 11) is -12.1. The summed E-state index contributed by atoms with van der Waals surface area (Å²) < 4.78 is 77.6. The van der Waals surface area contributed by atoms with Gasteiger partial charge in [-0.05, 0) is 87.4 Å². The number of allylic oxidation sites excluding steroid dienone is 5. The summed E-state index contributed by atoms with van der Waals surface area (Å²) in [5, 5.41) is 0. The van der Waals surface area contributed by atoms with Crippen LogP contribution >= 0.6 is 0 Å². The average molecular weight is 963 g/mol. The third-order valence-corrected chi connectivity index (χ3v) is 32.3. The van der Waals surface area contributed by atoms with Crippen LogP contribution in [0.1, 0.15) is 172 Å². The van der Waals surface area contributed by atoms with E-state index >= 15 is 0 Å². The van der Waals surface area contributed by atoms with Crippen molar-refractivity contribution in [3.05, 3.63) is 65.8 Å². The first-order valence-electron chi connectivity index (χ1n) is 23.0. The van der Waals surface area contributed by atoms with E-state index in [0.29, 0.717) is 39.2 Å². The van der Waals surface area contributed by atoms with Crippen LogP contribution in [0.25, 0.3) is 0 Å². The maximum atomic E-state index is 12.5. The fourth-order valence-corrected chi connectivity index (χ4v) is 28.2. The van der Waals surface area contributed by atoms with E-state index in [1.54, 1.807) is 47.6 Å². The first-order valence-corrected chi connectivity index (χ1v) is 30.8. The number of alkyl halides is 3. The predicted molar refractivity (Wildman–Crippen MR) is 268 cm³/mol. The quantitative estimate of drug-likeness (QED) is 0.0990. The molecule has 1 atom stereocenters. The van der Waals surface area contributed by atoms with E-state index in [2.05, 4.69) is 153 Å². The molecule has 0 aliphatic heterocycles. The standard InChI is InChI=1S/C14H26OSi.C14H25OSi.C10H21F3O3SSi.C7H10O.C4H9.2Li/c2*1-11(2)16(12(3)4,13(5)6)15-14-9-7-8-10-14;1-7(2)18(8(3)4,9(5)6)16-17(14,15)10(11,12)13;1-5-3-7(8)4-6(5)2;1-4(2)3;;/h7,9-13H,8H2,1-6H3;7-13H,1-6H3;7-9H,1-6H3;3,6H,4H2,1-2H3;1-3H3;;/q;-1;;;-1;2*+1. The van der Waals surface area contributed by atoms with Gasteiger partial charge in [-0.1, -0.05) is 149 Å². The van der Waals surface area contributed by atoms with Crippen LogP contribution in [-0.2, 0) is 23.2 Å². The van der Waals surface area contributed by atoms with Gasteiger partial charge in [0.05, 0.1) is 5.76 Å². The van der Waals surface area contributed by atoms with E-state index in [9.17, 15) is 26.4 Å². The largest absolute Gasteiger partial charge is 1.00 e. The van der Waals surface area contributed by atoms with Crippen LogP contribution in [0.2, 0.25) is 49.9 Å². The van der Waals surface area contributed by atoms with Gasteiger partial charge in [-0.15, -0.1) is 6.07 Å². The van der Waals surface area contributed by atoms with Crippen molar-refractivity contribution in [1.29, 1.82) is 0 Å². The van der Waals surface area contributed by atoms with Crippen molar-refractivity contribution >= 4 is 40.9 Å². The zero-order chi connectivity index (χ0) is 49.4. The molecule has 0 radical (unpaired) electrons. The van der Waals surface area contributed by atoms with Gasteiger partial charge in [-0.25, -0.2) is 0 Å². The summed E-state index contributed by atoms with van der Waals surface area (Å²) in [6, 6.07) is 8.26. The summed E-state index contributed by atoms with van der Waals surface area (Å²) in [6.45, 7) is 48.5. The zero-order valence-electron chi connectivity index (χ0n) is 45.3. The molecule has 0 heterocycles. The third-order valence-electron chi connectivity index (χ3n) is 12.3. The number of carbonyl (C=O) groups excluding carboxylic acids is 1. The maximum Gasteiger partial charge on any atom is 1.00 e. The van der Waals surface area contributed by atoms with Crippen LogP contribution in [0.4, 0.5) is 13.2 Å². The summed E-state index contributed by atoms with van der Waals surface area (Å²) in [5.74, 6) is 4.38. The van der Waals surface area contributed by atoms with E-state index in [4.69, 9.17) is 12.7 Å². The van der Waals surface area contributed by atoms with Gasteiger partial charge in [0.25, 0.3) is 8.32 Å². The van der Waals surface area contributed by atoms with Gasteiger partial charge in [-0.3, -0.25) is 4.79 Å². The molecule has 64 heavy (non-hydrogen) atoms. The van der Waals surface area contributed by atoms with Crippen molar-refractivity contribution in [2.75, 3.05) is 0 Å². The minimum atomic E-state index is -5.53. The van der Waals surface area contributed by atoms with Crippen molar-refractivity contribution in [3.63, 3.8) is 0 Å². The van der Waals surface area contributed by atoms with E-state index < -0.39 is 40.6 Å². The SMILES string of the molecule is CC(C)[Si](OC1=CCC=C1)(C(C)C)C(C)C.CC(C)[Si](OS(=O)(=O)C(F)(F)F)(C(C)C)C(C)C.CC(C)[Si](Oc1cc[cH-]c1)(C(C)C)C(C)C.CC1=CC(=O)CC1C.C[C-](C)C.[Li+].[Li+]. The molecule has 0 fully saturated rings. The van der Waals surface area contributed by atoms with Crippen molar-refractivity contribution in [2.45, 2.75) is 227 Å². The Morgan fingerprint density at radius 3 is 1.27 bits per heavy atom. The van der Waals surface area contributed by atoms with Crippen LogP contribution in [0.3, 0.4) is 0 Å². The fourth-order valence-electron chi connectivity index (χ4n) is 9.50. The number of hydrogen-bond donors (Lipinski definition) is 0. The molecule has 0 saturated heterocycles. The second-order valence-corrected chi connectivity index (χ2v) is 38.4. The van der Waals surface area contributed by atoms with Crippen LogP contribution in [0.5, 0.6) is 5.75 Å². The van der Waals surface area contributed by atoms with E-state index in [1.807, 2.05) is 6.92 Å². The second-order valence-electron chi connectivity index (χ2n) is 20.5. The number of ketones is 1. The Kier molecular flexibility index (Phi) is 33.6. The molecule has 0 aromatic heterocycles. The Bertz CT molecular complexity index is 1570. The molecule has 6 nitrogen and oxygen atoms in total. The van der Waals surface area contributed by atoms with Gasteiger partial charge in [0.2, 0.25) is 16.6 Å². The molecule has 1 aromatic carbocycles. The molecular formula is C49H91F3Li2O6SSi3. The normalized spacial score (nSPS) is 15.6. The zero-order valence-corrected chi connectivity index (χ0v) is 49.1. The Labute approximate surface area is 419 Å². The van der Waals surface area contributed by atoms with Gasteiger partial charge >= 0.3 is 53.3 Å². The Hall–Kier alpha value is -0.615. The smallest absolute Gasteiger partial charge is 0.611 e. The van der Waals surface area contributed by atoms with Crippen molar-refractivity contribution in [1.82, 2.24) is 0 Å². The summed E-state index contributed by atoms with van der Waals surface area (Å²) in [5.41, 5.74) is -0.919. The van der Waals surface area contributed by atoms with Gasteiger partial charge in [-0.2, -0.15) is 60.6 Å². The molecule has 0 bridgehead atoms. The number of rotatable bonds is 15. The second kappa shape index (κ2) is 30.8. The number of carbonyl (C=O) groups is 1. The molecule has 0 N–H and O–H groups in total. The molecule has 3 rings (SSSR count). The Morgan fingerprint density at radius 2 is 1.05 bits per heavy atom. The molecule has 1 unspecified atom stereocenters. The third kappa shape index (κ3) is 20.5. The number of hydrogen-bond acceptors (Lipinski definition) is 6. The molecule has 15 heteroatoms. The minimum Gasteiger partial charge on any atom is -0.611 e. The molecule has 364 valence electrons. The van der Waals surface area contributed by atoms with Gasteiger partial charge in [0, 0.05) is 6.42 Å². The topological polar surface area (TPSA) is 78.9 Å². The van der Waals surface area contributed by atoms with Crippen LogP contribution in [-0.4, -0.2) is 44.7 Å². The summed E-state index contributed by atoms with van der Waals surface area (Å²) in [4.78, 5) is 10.6. The van der Waals surface area contributed by atoms with Gasteiger partial charge < -0.3 is 18.6 Å². The monoisotopic (exact) mass is 963 g/mol. The Balaban J connectivity index is -0.000000369. The van der Waals surface area contributed by atoms with Crippen molar-refractivity contribution in [3.8, 4) is 5.75 Å². The molecule has 0 spiro atoms. The molecule has 0 amide bonds.